The molecule has 4 rings (SSSR count). The molecule has 1 aliphatic heterocycles. The van der Waals surface area contributed by atoms with Gasteiger partial charge in [0.15, 0.2) is 0 Å². The molecule has 0 bridgehead atoms. The normalized spacial score (nSPS) is 17.2. The number of hydrogen-bond donors (Lipinski definition) is 1. The molecule has 1 amide bonds. The summed E-state index contributed by atoms with van der Waals surface area (Å²) >= 11 is 7.05. The van der Waals surface area contributed by atoms with Crippen LogP contribution in [-0.4, -0.2) is 35.4 Å². The van der Waals surface area contributed by atoms with Crippen LogP contribution in [0.3, 0.4) is 0 Å². The third-order valence-corrected chi connectivity index (χ3v) is 8.01. The highest BCUT2D eigenvalue weighted by Gasteiger charge is 2.38. The van der Waals surface area contributed by atoms with Gasteiger partial charge in [0.2, 0.25) is 15.0 Å². The second-order valence-corrected chi connectivity index (χ2v) is 10.3. The Kier molecular flexibility index (Phi) is 5.88. The number of carbonyl (C=O) groups excluding carboxylic acids is 1. The fourth-order valence-electron chi connectivity index (χ4n) is 3.33. The van der Waals surface area contributed by atoms with Crippen molar-refractivity contribution in [2.75, 3.05) is 11.9 Å². The Morgan fingerprint density at radius 3 is 2.70 bits per heavy atom. The van der Waals surface area contributed by atoms with E-state index < -0.39 is 22.0 Å². The summed E-state index contributed by atoms with van der Waals surface area (Å²) in [7, 11) is -3.66. The van der Waals surface area contributed by atoms with Crippen LogP contribution in [0.1, 0.15) is 39.3 Å². The smallest absolute Gasteiger partial charge is 0.286 e. The molecular formula is C20H19ClN4O3S2. The topological polar surface area (TPSA) is 92.3 Å². The van der Waals surface area contributed by atoms with Gasteiger partial charge in [-0.05, 0) is 50.1 Å². The van der Waals surface area contributed by atoms with Gasteiger partial charge in [0.05, 0.1) is 10.9 Å². The zero-order valence-electron chi connectivity index (χ0n) is 16.1. The number of aryl methyl sites for hydroxylation is 1. The highest BCUT2D eigenvalue weighted by Crippen LogP contribution is 2.37. The molecule has 1 atom stereocenters. The molecule has 0 aliphatic carbocycles. The van der Waals surface area contributed by atoms with E-state index in [1.165, 1.54) is 4.31 Å². The van der Waals surface area contributed by atoms with Crippen molar-refractivity contribution >= 4 is 44.6 Å². The van der Waals surface area contributed by atoms with E-state index in [9.17, 15) is 13.2 Å². The highest BCUT2D eigenvalue weighted by molar-refractivity contribution is 7.89. The summed E-state index contributed by atoms with van der Waals surface area (Å²) in [5, 5.41) is 12.0. The minimum atomic E-state index is -3.66. The summed E-state index contributed by atoms with van der Waals surface area (Å²) in [5.41, 5.74) is 1.54. The van der Waals surface area contributed by atoms with E-state index in [-0.39, 0.29) is 9.90 Å². The molecule has 10 heteroatoms. The van der Waals surface area contributed by atoms with Gasteiger partial charge in [-0.2, -0.15) is 4.31 Å². The minimum Gasteiger partial charge on any atom is -0.320 e. The zero-order valence-corrected chi connectivity index (χ0v) is 18.5. The van der Waals surface area contributed by atoms with Crippen molar-refractivity contribution in [3.8, 4) is 0 Å². The lowest BCUT2D eigenvalue weighted by atomic mass is 10.2. The Hall–Kier alpha value is -2.33. The monoisotopic (exact) mass is 462 g/mol. The number of aromatic nitrogens is 2. The first-order valence-corrected chi connectivity index (χ1v) is 12.0. The maximum Gasteiger partial charge on any atom is 0.286 e. The molecular weight excluding hydrogens is 444 g/mol. The molecule has 2 heterocycles. The Labute approximate surface area is 183 Å². The second-order valence-electron chi connectivity index (χ2n) is 7.00. The molecule has 2 aromatic carbocycles. The van der Waals surface area contributed by atoms with E-state index in [0.717, 1.165) is 23.3 Å². The van der Waals surface area contributed by atoms with Gasteiger partial charge >= 0.3 is 0 Å². The van der Waals surface area contributed by atoms with Gasteiger partial charge in [-0.25, -0.2) is 8.42 Å². The fraction of sp³-hybridized carbons (Fsp3) is 0.250. The third-order valence-electron chi connectivity index (χ3n) is 4.83. The molecule has 0 radical (unpaired) electrons. The van der Waals surface area contributed by atoms with Crippen molar-refractivity contribution < 1.29 is 13.2 Å². The van der Waals surface area contributed by atoms with Gasteiger partial charge < -0.3 is 5.32 Å². The van der Waals surface area contributed by atoms with Crippen LogP contribution in [-0.2, 0) is 10.0 Å². The molecule has 30 heavy (non-hydrogen) atoms. The molecule has 1 N–H and O–H groups in total. The molecule has 1 saturated heterocycles. The van der Waals surface area contributed by atoms with E-state index in [1.54, 1.807) is 48.5 Å². The zero-order chi connectivity index (χ0) is 21.3. The number of nitrogens with one attached hydrogen (secondary N) is 1. The van der Waals surface area contributed by atoms with Crippen LogP contribution < -0.4 is 5.32 Å². The quantitative estimate of drug-likeness (QED) is 0.611. The minimum absolute atomic E-state index is 0.171. The summed E-state index contributed by atoms with van der Waals surface area (Å²) in [4.78, 5) is 12.8. The number of amides is 1. The van der Waals surface area contributed by atoms with E-state index in [0.29, 0.717) is 28.7 Å². The van der Waals surface area contributed by atoms with Crippen molar-refractivity contribution in [2.24, 2.45) is 0 Å². The largest absolute Gasteiger partial charge is 0.320 e. The Morgan fingerprint density at radius 2 is 1.97 bits per heavy atom. The Bertz CT molecular complexity index is 1180. The fourth-order valence-corrected chi connectivity index (χ4v) is 6.14. The summed E-state index contributed by atoms with van der Waals surface area (Å²) in [6.07, 6.45) is 1.36. The van der Waals surface area contributed by atoms with Crippen LogP contribution in [0.4, 0.5) is 5.69 Å². The number of sulfonamides is 1. The van der Waals surface area contributed by atoms with Gasteiger partial charge in [0.25, 0.3) is 5.91 Å². The van der Waals surface area contributed by atoms with Gasteiger partial charge in [-0.1, -0.05) is 46.7 Å². The molecule has 0 spiro atoms. The number of nitrogens with zero attached hydrogens (tertiary/aromatic N) is 3. The summed E-state index contributed by atoms with van der Waals surface area (Å²) in [5.74, 6) is -0.410. The highest BCUT2D eigenvalue weighted by atomic mass is 35.5. The lowest BCUT2D eigenvalue weighted by Crippen LogP contribution is -2.30. The van der Waals surface area contributed by atoms with Crippen molar-refractivity contribution in [2.45, 2.75) is 30.7 Å². The van der Waals surface area contributed by atoms with Gasteiger partial charge in [0.1, 0.15) is 5.01 Å². The second kappa shape index (κ2) is 8.43. The van der Waals surface area contributed by atoms with Crippen LogP contribution in [0.25, 0.3) is 0 Å². The number of benzene rings is 2. The van der Waals surface area contributed by atoms with Crippen molar-refractivity contribution in [3.63, 3.8) is 0 Å². The standard InChI is InChI=1S/C20H19ClN4O3S2/c1-13-7-9-16(10-8-13)30(27,28)25-11-3-6-17(25)19-23-24-20(29-19)18(26)22-15-5-2-4-14(21)12-15/h2,4-5,7-10,12,17H,3,6,11H2,1H3,(H,22,26)/t17-/m0/s1. The number of hydrogen-bond acceptors (Lipinski definition) is 6. The van der Waals surface area contributed by atoms with E-state index >= 15 is 0 Å². The Morgan fingerprint density at radius 1 is 1.20 bits per heavy atom. The van der Waals surface area contributed by atoms with Crippen LogP contribution in [0.15, 0.2) is 53.4 Å². The first-order valence-electron chi connectivity index (χ1n) is 9.33. The average Bonchev–Trinajstić information content (AvgIpc) is 3.38. The van der Waals surface area contributed by atoms with E-state index in [2.05, 4.69) is 15.5 Å². The van der Waals surface area contributed by atoms with Crippen LogP contribution in [0, 0.1) is 6.92 Å². The lowest BCUT2D eigenvalue weighted by molar-refractivity contribution is 0.102. The van der Waals surface area contributed by atoms with Crippen LogP contribution >= 0.6 is 22.9 Å². The average molecular weight is 463 g/mol. The maximum absolute atomic E-state index is 13.1. The molecule has 3 aromatic rings. The molecule has 0 saturated carbocycles. The van der Waals surface area contributed by atoms with E-state index in [4.69, 9.17) is 11.6 Å². The van der Waals surface area contributed by atoms with Gasteiger partial charge in [-0.3, -0.25) is 4.79 Å². The third kappa shape index (κ3) is 4.24. The van der Waals surface area contributed by atoms with Crippen molar-refractivity contribution in [3.05, 3.63) is 69.1 Å². The first-order chi connectivity index (χ1) is 14.3. The Balaban J connectivity index is 1.54. The molecule has 1 aromatic heterocycles. The van der Waals surface area contributed by atoms with Crippen LogP contribution in [0.5, 0.6) is 0 Å². The molecule has 0 unspecified atom stereocenters. The predicted octanol–water partition coefficient (Wildman–Crippen LogP) is 4.28. The molecule has 1 aliphatic rings. The molecule has 156 valence electrons. The van der Waals surface area contributed by atoms with E-state index in [1.807, 2.05) is 6.92 Å². The maximum atomic E-state index is 13.1. The molecule has 1 fully saturated rings. The number of halogens is 1. The van der Waals surface area contributed by atoms with Crippen molar-refractivity contribution in [1.82, 2.24) is 14.5 Å². The summed E-state index contributed by atoms with van der Waals surface area (Å²) < 4.78 is 27.7. The number of carbonyl (C=O) groups is 1. The van der Waals surface area contributed by atoms with Crippen molar-refractivity contribution in [1.29, 1.82) is 0 Å². The number of anilines is 1. The van der Waals surface area contributed by atoms with Gasteiger partial charge in [-0.15, -0.1) is 10.2 Å². The number of rotatable bonds is 5. The van der Waals surface area contributed by atoms with Crippen LogP contribution in [0.2, 0.25) is 5.02 Å². The van der Waals surface area contributed by atoms with Gasteiger partial charge in [0, 0.05) is 17.3 Å². The SMILES string of the molecule is Cc1ccc(S(=O)(=O)N2CCC[C@H]2c2nnc(C(=O)Nc3cccc(Cl)c3)s2)cc1. The predicted molar refractivity (Wildman–Crippen MR) is 116 cm³/mol. The summed E-state index contributed by atoms with van der Waals surface area (Å²) in [6.45, 7) is 2.32. The summed E-state index contributed by atoms with van der Waals surface area (Å²) in [6, 6.07) is 13.2. The molecule has 7 nitrogen and oxygen atoms in total. The lowest BCUT2D eigenvalue weighted by Gasteiger charge is -2.22. The first kappa shape index (κ1) is 20.9.